The lowest BCUT2D eigenvalue weighted by atomic mass is 10.0. The van der Waals surface area contributed by atoms with Crippen LogP contribution >= 0.6 is 0 Å². The van der Waals surface area contributed by atoms with Crippen molar-refractivity contribution in [1.29, 1.82) is 0 Å². The van der Waals surface area contributed by atoms with Gasteiger partial charge in [-0.2, -0.15) is 0 Å². The smallest absolute Gasteiger partial charge is 0.306 e. The molecule has 0 heterocycles. The lowest BCUT2D eigenvalue weighted by Gasteiger charge is -2.18. The first-order valence-electron chi connectivity index (χ1n) is 21.3. The van der Waals surface area contributed by atoms with Gasteiger partial charge in [-0.25, -0.2) is 0 Å². The predicted molar refractivity (Wildman–Crippen MR) is 218 cm³/mol. The topological polar surface area (TPSA) is 63.6 Å². The van der Waals surface area contributed by atoms with E-state index in [0.29, 0.717) is 6.42 Å². The normalized spacial score (nSPS) is 12.8. The third-order valence-corrected chi connectivity index (χ3v) is 9.25. The molecule has 0 rings (SSSR count). The van der Waals surface area contributed by atoms with Gasteiger partial charge in [0.2, 0.25) is 0 Å². The maximum absolute atomic E-state index is 12.7. The van der Waals surface area contributed by atoms with Crippen molar-refractivity contribution in [3.05, 3.63) is 60.8 Å². The Balaban J connectivity index is 4.06. The molecule has 1 unspecified atom stereocenters. The van der Waals surface area contributed by atoms with Crippen molar-refractivity contribution in [3.63, 3.8) is 0 Å². The van der Waals surface area contributed by atoms with Crippen LogP contribution in [0.5, 0.6) is 0 Å². The van der Waals surface area contributed by atoms with E-state index in [1.165, 1.54) is 83.5 Å². The minimum Gasteiger partial charge on any atom is -0.481 e. The summed E-state index contributed by atoms with van der Waals surface area (Å²) in [5, 5.41) is 8.87. The average Bonchev–Trinajstić information content (AvgIpc) is 3.10. The second-order valence-corrected chi connectivity index (χ2v) is 14.2. The minimum absolute atomic E-state index is 0.0144. The van der Waals surface area contributed by atoms with E-state index in [1.807, 2.05) is 0 Å². The Bertz CT molecular complexity index is 881. The summed E-state index contributed by atoms with van der Waals surface area (Å²) in [6.45, 7) is 4.44. The van der Waals surface area contributed by atoms with Crippen LogP contribution in [0.4, 0.5) is 0 Å². The molecule has 0 saturated heterocycles. The van der Waals surface area contributed by atoms with Crippen LogP contribution < -0.4 is 0 Å². The van der Waals surface area contributed by atoms with Crippen molar-refractivity contribution in [3.8, 4) is 0 Å². The highest BCUT2D eigenvalue weighted by atomic mass is 16.5. The monoisotopic (exact) mass is 697 g/mol. The number of unbranched alkanes of at least 4 members (excludes halogenated alkanes) is 19. The molecule has 0 radical (unpaired) electrons. The molecule has 1 N–H and O–H groups in total. The van der Waals surface area contributed by atoms with E-state index in [1.54, 1.807) is 0 Å². The van der Waals surface area contributed by atoms with Gasteiger partial charge in [-0.1, -0.05) is 177 Å². The molecule has 0 bridgehead atoms. The molecular formula is C46H80O4. The van der Waals surface area contributed by atoms with Crippen molar-refractivity contribution in [2.75, 3.05) is 0 Å². The highest BCUT2D eigenvalue weighted by molar-refractivity contribution is 5.69. The van der Waals surface area contributed by atoms with Gasteiger partial charge in [-0.05, 0) is 83.5 Å². The molecule has 0 aliphatic heterocycles. The van der Waals surface area contributed by atoms with Crippen LogP contribution in [0.25, 0.3) is 0 Å². The Morgan fingerprint density at radius 1 is 0.460 bits per heavy atom. The molecule has 0 aromatic rings. The van der Waals surface area contributed by atoms with Crippen molar-refractivity contribution in [2.24, 2.45) is 0 Å². The molecule has 288 valence electrons. The lowest BCUT2D eigenvalue weighted by Crippen LogP contribution is -2.18. The van der Waals surface area contributed by atoms with E-state index in [9.17, 15) is 9.59 Å². The lowest BCUT2D eigenvalue weighted by molar-refractivity contribution is -0.150. The second-order valence-electron chi connectivity index (χ2n) is 14.2. The number of aliphatic carboxylic acids is 1. The van der Waals surface area contributed by atoms with Gasteiger partial charge in [-0.3, -0.25) is 9.59 Å². The van der Waals surface area contributed by atoms with Gasteiger partial charge in [0.15, 0.2) is 0 Å². The van der Waals surface area contributed by atoms with Gasteiger partial charge in [0, 0.05) is 12.8 Å². The largest absolute Gasteiger partial charge is 0.481 e. The number of allylic oxidation sites excluding steroid dienone is 10. The zero-order chi connectivity index (χ0) is 36.4. The van der Waals surface area contributed by atoms with Crippen LogP contribution in [-0.4, -0.2) is 23.1 Å². The highest BCUT2D eigenvalue weighted by Crippen LogP contribution is 2.19. The Labute approximate surface area is 310 Å². The van der Waals surface area contributed by atoms with Gasteiger partial charge in [0.1, 0.15) is 6.10 Å². The van der Waals surface area contributed by atoms with E-state index in [4.69, 9.17) is 9.84 Å². The summed E-state index contributed by atoms with van der Waals surface area (Å²) in [6.07, 6.45) is 56.7. The van der Waals surface area contributed by atoms with Crippen LogP contribution in [0.2, 0.25) is 0 Å². The molecule has 0 aliphatic carbocycles. The van der Waals surface area contributed by atoms with E-state index in [0.717, 1.165) is 103 Å². The predicted octanol–water partition coefficient (Wildman–Crippen LogP) is 14.9. The number of hydrogen-bond acceptors (Lipinski definition) is 3. The molecule has 0 spiro atoms. The molecule has 50 heavy (non-hydrogen) atoms. The number of carbonyl (C=O) groups excluding carboxylic acids is 1. The summed E-state index contributed by atoms with van der Waals surface area (Å²) in [5.41, 5.74) is 0. The summed E-state index contributed by atoms with van der Waals surface area (Å²) in [6, 6.07) is 0. The second kappa shape index (κ2) is 41.1. The number of carbonyl (C=O) groups is 2. The third kappa shape index (κ3) is 40.1. The van der Waals surface area contributed by atoms with Crippen LogP contribution in [0.3, 0.4) is 0 Å². The van der Waals surface area contributed by atoms with Crippen molar-refractivity contribution in [2.45, 2.75) is 219 Å². The Kier molecular flexibility index (Phi) is 39.1. The van der Waals surface area contributed by atoms with Crippen molar-refractivity contribution >= 4 is 11.9 Å². The fourth-order valence-corrected chi connectivity index (χ4v) is 6.15. The maximum atomic E-state index is 12.7. The SMILES string of the molecule is CC/C=C\C/C=C\C/C=C\C/C=C\C/C=C\CCCCCC(=O)OC(CCCCCCCCCCCCCCCC)CCCCCCC(=O)O. The van der Waals surface area contributed by atoms with Crippen LogP contribution in [0, 0.1) is 0 Å². The molecule has 0 fully saturated rings. The number of rotatable bonds is 38. The number of esters is 1. The highest BCUT2D eigenvalue weighted by Gasteiger charge is 2.14. The standard InChI is InChI=1S/C46H80O4/c1-3-5-7-9-11-13-15-17-19-20-21-22-23-25-27-29-31-33-39-43-46(49)50-44(41-37-34-35-38-42-45(47)48)40-36-32-30-28-26-24-18-16-14-12-10-8-6-4-2/h5,7,11,13,17,19,21-22,25,27,44H,3-4,6,8-10,12,14-16,18,20,23-24,26,28-43H2,1-2H3,(H,47,48)/b7-5-,13-11-,19-17-,22-21-,27-25-. The molecule has 0 saturated carbocycles. The first-order chi connectivity index (χ1) is 24.6. The van der Waals surface area contributed by atoms with Crippen molar-refractivity contribution < 1.29 is 19.4 Å². The van der Waals surface area contributed by atoms with E-state index < -0.39 is 5.97 Å². The molecule has 4 nitrogen and oxygen atoms in total. The summed E-state index contributed by atoms with van der Waals surface area (Å²) < 4.78 is 5.98. The van der Waals surface area contributed by atoms with Crippen molar-refractivity contribution in [1.82, 2.24) is 0 Å². The Hall–Kier alpha value is -2.36. The molecular weight excluding hydrogens is 617 g/mol. The van der Waals surface area contributed by atoms with E-state index in [2.05, 4.69) is 74.6 Å². The van der Waals surface area contributed by atoms with Crippen LogP contribution in [-0.2, 0) is 14.3 Å². The summed E-state index contributed by atoms with van der Waals surface area (Å²) in [4.78, 5) is 23.5. The number of carboxylic acid groups (broad SMARTS) is 1. The van der Waals surface area contributed by atoms with E-state index in [-0.39, 0.29) is 18.5 Å². The number of hydrogen-bond donors (Lipinski definition) is 1. The van der Waals surface area contributed by atoms with Gasteiger partial charge < -0.3 is 9.84 Å². The Morgan fingerprint density at radius 3 is 1.30 bits per heavy atom. The quantitative estimate of drug-likeness (QED) is 0.0396. The van der Waals surface area contributed by atoms with Gasteiger partial charge >= 0.3 is 11.9 Å². The summed E-state index contributed by atoms with van der Waals surface area (Å²) >= 11 is 0. The number of carboxylic acids is 1. The summed E-state index contributed by atoms with van der Waals surface area (Å²) in [7, 11) is 0. The van der Waals surface area contributed by atoms with Gasteiger partial charge in [-0.15, -0.1) is 0 Å². The molecule has 1 atom stereocenters. The van der Waals surface area contributed by atoms with Crippen LogP contribution in [0.1, 0.15) is 213 Å². The number of ether oxygens (including phenoxy) is 1. The first-order valence-corrected chi connectivity index (χ1v) is 21.3. The molecule has 0 amide bonds. The fraction of sp³-hybridized carbons (Fsp3) is 0.739. The molecule has 0 aromatic heterocycles. The van der Waals surface area contributed by atoms with E-state index >= 15 is 0 Å². The Morgan fingerprint density at radius 2 is 0.840 bits per heavy atom. The molecule has 0 aliphatic rings. The zero-order valence-corrected chi connectivity index (χ0v) is 32.9. The average molecular weight is 697 g/mol. The van der Waals surface area contributed by atoms with Crippen LogP contribution in [0.15, 0.2) is 60.8 Å². The first kappa shape index (κ1) is 47.6. The summed E-state index contributed by atoms with van der Waals surface area (Å²) in [5.74, 6) is -0.756. The molecule has 4 heteroatoms. The maximum Gasteiger partial charge on any atom is 0.306 e. The zero-order valence-electron chi connectivity index (χ0n) is 32.9. The van der Waals surface area contributed by atoms with Gasteiger partial charge in [0.25, 0.3) is 0 Å². The third-order valence-electron chi connectivity index (χ3n) is 9.25. The molecule has 0 aromatic carbocycles. The minimum atomic E-state index is -0.715. The van der Waals surface area contributed by atoms with Gasteiger partial charge in [0.05, 0.1) is 0 Å². The fourth-order valence-electron chi connectivity index (χ4n) is 6.15.